The van der Waals surface area contributed by atoms with Gasteiger partial charge < -0.3 is 15.4 Å². The van der Waals surface area contributed by atoms with Gasteiger partial charge in [0.25, 0.3) is 5.91 Å². The van der Waals surface area contributed by atoms with E-state index in [0.29, 0.717) is 18.7 Å². The van der Waals surface area contributed by atoms with Crippen LogP contribution in [0.1, 0.15) is 35.8 Å². The molecule has 0 saturated carbocycles. The molecule has 6 nitrogen and oxygen atoms in total. The molecular weight excluding hydrogens is 294 g/mol. The Kier molecular flexibility index (Phi) is 4.80. The number of amides is 2. The lowest BCUT2D eigenvalue weighted by atomic mass is 10.1. The predicted octanol–water partition coefficient (Wildman–Crippen LogP) is 1.18. The average molecular weight is 312 g/mol. The molecule has 7 heteroatoms. The van der Waals surface area contributed by atoms with Gasteiger partial charge in [0.15, 0.2) is 0 Å². The number of primary amides is 1. The van der Waals surface area contributed by atoms with Crippen molar-refractivity contribution in [2.24, 2.45) is 5.73 Å². The molecule has 1 atom stereocenters. The summed E-state index contributed by atoms with van der Waals surface area (Å²) >= 11 is 5.98. The highest BCUT2D eigenvalue weighted by Gasteiger charge is 2.32. The number of nitrogens with zero attached hydrogens (tertiary/aromatic N) is 2. The Bertz CT molecular complexity index is 562. The monoisotopic (exact) mass is 311 g/mol. The van der Waals surface area contributed by atoms with Crippen LogP contribution in [-0.4, -0.2) is 47.5 Å². The average Bonchev–Trinajstić information content (AvgIpc) is 2.45. The Balaban J connectivity index is 2.32. The van der Waals surface area contributed by atoms with Crippen LogP contribution in [0.2, 0.25) is 5.15 Å². The molecule has 1 aromatic rings. The molecule has 0 aliphatic carbocycles. The van der Waals surface area contributed by atoms with Crippen LogP contribution in [0.15, 0.2) is 12.1 Å². The summed E-state index contributed by atoms with van der Waals surface area (Å²) in [4.78, 5) is 29.7. The molecule has 2 N–H and O–H groups in total. The number of ether oxygens (including phenoxy) is 1. The lowest BCUT2D eigenvalue weighted by Gasteiger charge is -2.33. The van der Waals surface area contributed by atoms with Gasteiger partial charge in [-0.05, 0) is 18.1 Å². The zero-order chi connectivity index (χ0) is 15.6. The predicted molar refractivity (Wildman–Crippen MR) is 78.2 cm³/mol. The first-order valence-electron chi connectivity index (χ1n) is 6.75. The minimum atomic E-state index is -0.749. The maximum atomic E-state index is 12.6. The van der Waals surface area contributed by atoms with Gasteiger partial charge in [-0.2, -0.15) is 0 Å². The van der Waals surface area contributed by atoms with E-state index in [9.17, 15) is 9.59 Å². The zero-order valence-electron chi connectivity index (χ0n) is 12.0. The first-order valence-corrected chi connectivity index (χ1v) is 7.13. The molecule has 1 unspecified atom stereocenters. The van der Waals surface area contributed by atoms with Crippen molar-refractivity contribution in [1.82, 2.24) is 9.88 Å². The Morgan fingerprint density at radius 1 is 1.48 bits per heavy atom. The molecule has 114 valence electrons. The second kappa shape index (κ2) is 6.41. The van der Waals surface area contributed by atoms with Crippen LogP contribution in [0.3, 0.4) is 0 Å². The summed E-state index contributed by atoms with van der Waals surface area (Å²) in [5.41, 5.74) is 6.47. The van der Waals surface area contributed by atoms with E-state index in [1.165, 1.54) is 11.0 Å². The van der Waals surface area contributed by atoms with Crippen molar-refractivity contribution in [2.45, 2.75) is 25.8 Å². The van der Waals surface area contributed by atoms with Crippen LogP contribution >= 0.6 is 11.6 Å². The molecule has 21 heavy (non-hydrogen) atoms. The number of hydrogen-bond donors (Lipinski definition) is 1. The standard InChI is InChI=1S/C14H18ClN3O3/c1-8(2)10-5-9(6-12(15)17-10)14(20)18-3-4-21-7-11(18)13(16)19/h5-6,8,11H,3-4,7H2,1-2H3,(H2,16,19). The lowest BCUT2D eigenvalue weighted by Crippen LogP contribution is -2.54. The van der Waals surface area contributed by atoms with Crippen LogP contribution in [0.5, 0.6) is 0 Å². The fourth-order valence-corrected chi connectivity index (χ4v) is 2.40. The molecule has 0 bridgehead atoms. The highest BCUT2D eigenvalue weighted by atomic mass is 35.5. The largest absolute Gasteiger partial charge is 0.377 e. The van der Waals surface area contributed by atoms with E-state index in [-0.39, 0.29) is 23.6 Å². The van der Waals surface area contributed by atoms with Crippen molar-refractivity contribution in [3.8, 4) is 0 Å². The molecule has 2 amide bonds. The number of halogens is 1. The van der Waals surface area contributed by atoms with Gasteiger partial charge in [0, 0.05) is 17.8 Å². The molecule has 1 aromatic heterocycles. The highest BCUT2D eigenvalue weighted by molar-refractivity contribution is 6.29. The maximum absolute atomic E-state index is 12.6. The molecule has 1 aliphatic heterocycles. The summed E-state index contributed by atoms with van der Waals surface area (Å²) in [5.74, 6) is -0.715. The molecule has 0 radical (unpaired) electrons. The van der Waals surface area contributed by atoms with Gasteiger partial charge in [-0.25, -0.2) is 4.98 Å². The molecule has 1 fully saturated rings. The third-order valence-corrected chi connectivity index (χ3v) is 3.56. The maximum Gasteiger partial charge on any atom is 0.254 e. The fraction of sp³-hybridized carbons (Fsp3) is 0.500. The fourth-order valence-electron chi connectivity index (χ4n) is 2.18. The number of morpholine rings is 1. The van der Waals surface area contributed by atoms with Gasteiger partial charge in [-0.1, -0.05) is 25.4 Å². The number of aromatic nitrogens is 1. The van der Waals surface area contributed by atoms with Crippen LogP contribution < -0.4 is 5.73 Å². The lowest BCUT2D eigenvalue weighted by molar-refractivity contribution is -0.127. The zero-order valence-corrected chi connectivity index (χ0v) is 12.8. The smallest absolute Gasteiger partial charge is 0.254 e. The van der Waals surface area contributed by atoms with Crippen molar-refractivity contribution < 1.29 is 14.3 Å². The van der Waals surface area contributed by atoms with E-state index in [1.54, 1.807) is 6.07 Å². The first kappa shape index (κ1) is 15.7. The van der Waals surface area contributed by atoms with Gasteiger partial charge in [-0.15, -0.1) is 0 Å². The van der Waals surface area contributed by atoms with Crippen LogP contribution in [0.4, 0.5) is 0 Å². The van der Waals surface area contributed by atoms with Crippen molar-refractivity contribution in [2.75, 3.05) is 19.8 Å². The summed E-state index contributed by atoms with van der Waals surface area (Å²) in [6.07, 6.45) is 0. The van der Waals surface area contributed by atoms with Gasteiger partial charge >= 0.3 is 0 Å². The minimum absolute atomic E-state index is 0.122. The first-order chi connectivity index (χ1) is 9.90. The van der Waals surface area contributed by atoms with E-state index in [1.807, 2.05) is 13.8 Å². The summed E-state index contributed by atoms with van der Waals surface area (Å²) in [6.45, 7) is 4.76. The summed E-state index contributed by atoms with van der Waals surface area (Å²) in [7, 11) is 0. The normalized spacial score (nSPS) is 18.9. The van der Waals surface area contributed by atoms with Crippen molar-refractivity contribution in [3.63, 3.8) is 0 Å². The minimum Gasteiger partial charge on any atom is -0.377 e. The van der Waals surface area contributed by atoms with Crippen LogP contribution in [-0.2, 0) is 9.53 Å². The number of hydrogen-bond acceptors (Lipinski definition) is 4. The van der Waals surface area contributed by atoms with Gasteiger partial charge in [0.2, 0.25) is 5.91 Å². The van der Waals surface area contributed by atoms with E-state index < -0.39 is 11.9 Å². The van der Waals surface area contributed by atoms with Gasteiger partial charge in [-0.3, -0.25) is 9.59 Å². The van der Waals surface area contributed by atoms with E-state index >= 15 is 0 Å². The third kappa shape index (κ3) is 3.51. The summed E-state index contributed by atoms with van der Waals surface area (Å²) in [5, 5.41) is 0.258. The number of rotatable bonds is 3. The number of carbonyl (C=O) groups is 2. The van der Waals surface area contributed by atoms with E-state index in [2.05, 4.69) is 4.98 Å². The highest BCUT2D eigenvalue weighted by Crippen LogP contribution is 2.20. The summed E-state index contributed by atoms with van der Waals surface area (Å²) in [6, 6.07) is 2.45. The molecule has 0 spiro atoms. The quantitative estimate of drug-likeness (QED) is 0.849. The molecular formula is C14H18ClN3O3. The Hall–Kier alpha value is -1.66. The summed E-state index contributed by atoms with van der Waals surface area (Å²) < 4.78 is 5.21. The number of pyridine rings is 1. The Morgan fingerprint density at radius 3 is 2.81 bits per heavy atom. The number of nitrogens with two attached hydrogens (primary N) is 1. The Morgan fingerprint density at radius 2 is 2.19 bits per heavy atom. The number of carbonyl (C=O) groups excluding carboxylic acids is 2. The molecule has 2 heterocycles. The molecule has 2 rings (SSSR count). The topological polar surface area (TPSA) is 85.5 Å². The molecule has 1 saturated heterocycles. The van der Waals surface area contributed by atoms with Crippen molar-refractivity contribution >= 4 is 23.4 Å². The van der Waals surface area contributed by atoms with Crippen molar-refractivity contribution in [1.29, 1.82) is 0 Å². The third-order valence-electron chi connectivity index (χ3n) is 3.37. The van der Waals surface area contributed by atoms with Crippen LogP contribution in [0.25, 0.3) is 0 Å². The van der Waals surface area contributed by atoms with Crippen LogP contribution in [0, 0.1) is 0 Å². The van der Waals surface area contributed by atoms with E-state index in [4.69, 9.17) is 22.1 Å². The van der Waals surface area contributed by atoms with E-state index in [0.717, 1.165) is 5.69 Å². The SMILES string of the molecule is CC(C)c1cc(C(=O)N2CCOCC2C(N)=O)cc(Cl)n1. The van der Waals surface area contributed by atoms with Gasteiger partial charge in [0.1, 0.15) is 11.2 Å². The second-order valence-corrected chi connectivity index (χ2v) is 5.64. The van der Waals surface area contributed by atoms with Gasteiger partial charge in [0.05, 0.1) is 13.2 Å². The molecule has 0 aromatic carbocycles. The molecule has 1 aliphatic rings. The van der Waals surface area contributed by atoms with Crippen molar-refractivity contribution in [3.05, 3.63) is 28.5 Å². The Labute approximate surface area is 128 Å². The second-order valence-electron chi connectivity index (χ2n) is 5.25.